The van der Waals surface area contributed by atoms with Crippen LogP contribution in [0, 0.1) is 10.9 Å². The van der Waals surface area contributed by atoms with Gasteiger partial charge in [-0.25, -0.2) is 4.79 Å². The van der Waals surface area contributed by atoms with E-state index in [1.54, 1.807) is 25.3 Å². The molecule has 0 saturated heterocycles. The Morgan fingerprint density at radius 3 is 2.44 bits per heavy atom. The van der Waals surface area contributed by atoms with Crippen LogP contribution in [0.15, 0.2) is 0 Å². The SMILES string of the molecule is CCOC(=O)Cn1c(C)c(C(=O)OCC)sc1=S. The van der Waals surface area contributed by atoms with Gasteiger partial charge in [-0.3, -0.25) is 4.79 Å². The van der Waals surface area contributed by atoms with Crippen molar-refractivity contribution in [1.29, 1.82) is 0 Å². The molecule has 1 rings (SSSR count). The lowest BCUT2D eigenvalue weighted by atomic mass is 10.4. The van der Waals surface area contributed by atoms with Crippen molar-refractivity contribution in [3.63, 3.8) is 0 Å². The lowest BCUT2D eigenvalue weighted by Gasteiger charge is -2.06. The minimum absolute atomic E-state index is 0.0222. The van der Waals surface area contributed by atoms with Gasteiger partial charge in [-0.15, -0.1) is 0 Å². The van der Waals surface area contributed by atoms with Gasteiger partial charge in [-0.2, -0.15) is 0 Å². The second-order valence-electron chi connectivity index (χ2n) is 3.39. The third-order valence-electron chi connectivity index (χ3n) is 2.20. The van der Waals surface area contributed by atoms with E-state index in [4.69, 9.17) is 21.7 Å². The fourth-order valence-corrected chi connectivity index (χ4v) is 2.72. The largest absolute Gasteiger partial charge is 0.465 e. The van der Waals surface area contributed by atoms with Crippen molar-refractivity contribution < 1.29 is 19.1 Å². The van der Waals surface area contributed by atoms with E-state index in [9.17, 15) is 9.59 Å². The van der Waals surface area contributed by atoms with E-state index in [1.807, 2.05) is 0 Å². The summed E-state index contributed by atoms with van der Waals surface area (Å²) < 4.78 is 11.8. The molecule has 0 radical (unpaired) electrons. The number of thiazole rings is 1. The van der Waals surface area contributed by atoms with Gasteiger partial charge in [0.05, 0.1) is 13.2 Å². The first kappa shape index (κ1) is 14.8. The molecule has 1 aromatic rings. The number of carbonyl (C=O) groups is 2. The van der Waals surface area contributed by atoms with Gasteiger partial charge in [0.15, 0.2) is 3.95 Å². The average molecular weight is 289 g/mol. The van der Waals surface area contributed by atoms with Crippen molar-refractivity contribution >= 4 is 35.5 Å². The Labute approximate surface area is 114 Å². The van der Waals surface area contributed by atoms with Gasteiger partial charge in [0, 0.05) is 5.69 Å². The number of aromatic nitrogens is 1. The fraction of sp³-hybridized carbons (Fsp3) is 0.545. The van der Waals surface area contributed by atoms with Crippen LogP contribution in [-0.2, 0) is 20.8 Å². The van der Waals surface area contributed by atoms with Gasteiger partial charge in [0.2, 0.25) is 0 Å². The molecule has 0 aliphatic heterocycles. The van der Waals surface area contributed by atoms with Crippen molar-refractivity contribution in [2.24, 2.45) is 0 Å². The second kappa shape index (κ2) is 6.65. The number of carbonyl (C=O) groups excluding carboxylic acids is 2. The standard InChI is InChI=1S/C11H15NO4S2/c1-4-15-8(13)6-12-7(3)9(18-11(12)17)10(14)16-5-2/h4-6H2,1-3H3. The summed E-state index contributed by atoms with van der Waals surface area (Å²) in [6, 6.07) is 0. The summed E-state index contributed by atoms with van der Waals surface area (Å²) in [5.74, 6) is -0.779. The molecule has 1 aromatic heterocycles. The van der Waals surface area contributed by atoms with Crippen LogP contribution >= 0.6 is 23.6 Å². The van der Waals surface area contributed by atoms with Gasteiger partial charge >= 0.3 is 11.9 Å². The Morgan fingerprint density at radius 1 is 1.28 bits per heavy atom. The molecule has 100 valence electrons. The molecular formula is C11H15NO4S2. The highest BCUT2D eigenvalue weighted by molar-refractivity contribution is 7.73. The molecule has 0 N–H and O–H groups in total. The molecule has 0 saturated carbocycles. The maximum atomic E-state index is 11.7. The molecule has 5 nitrogen and oxygen atoms in total. The first-order chi connectivity index (χ1) is 8.51. The minimum atomic E-state index is -0.409. The highest BCUT2D eigenvalue weighted by Crippen LogP contribution is 2.20. The lowest BCUT2D eigenvalue weighted by molar-refractivity contribution is -0.143. The Hall–Kier alpha value is -1.21. The number of rotatable bonds is 5. The summed E-state index contributed by atoms with van der Waals surface area (Å²) in [7, 11) is 0. The lowest BCUT2D eigenvalue weighted by Crippen LogP contribution is -2.15. The van der Waals surface area contributed by atoms with Crippen LogP contribution in [0.5, 0.6) is 0 Å². The van der Waals surface area contributed by atoms with Crippen molar-refractivity contribution in [2.75, 3.05) is 13.2 Å². The normalized spacial score (nSPS) is 10.2. The predicted molar refractivity (Wildman–Crippen MR) is 70.5 cm³/mol. The Kier molecular flexibility index (Phi) is 5.49. The van der Waals surface area contributed by atoms with Gasteiger partial charge in [-0.1, -0.05) is 11.3 Å². The molecule has 0 bridgehead atoms. The molecule has 0 aliphatic carbocycles. The maximum Gasteiger partial charge on any atom is 0.350 e. The number of hydrogen-bond donors (Lipinski definition) is 0. The van der Waals surface area contributed by atoms with E-state index in [0.29, 0.717) is 27.7 Å². The number of esters is 2. The van der Waals surface area contributed by atoms with E-state index in [0.717, 1.165) is 11.3 Å². The van der Waals surface area contributed by atoms with Crippen molar-refractivity contribution in [1.82, 2.24) is 4.57 Å². The number of nitrogens with zero attached hydrogens (tertiary/aromatic N) is 1. The molecule has 7 heteroatoms. The molecule has 1 heterocycles. The van der Waals surface area contributed by atoms with Crippen molar-refractivity contribution in [2.45, 2.75) is 27.3 Å². The predicted octanol–water partition coefficient (Wildman–Crippen LogP) is 2.33. The molecule has 0 unspecified atom stereocenters. The molecule has 18 heavy (non-hydrogen) atoms. The first-order valence-electron chi connectivity index (χ1n) is 5.54. The third kappa shape index (κ3) is 3.39. The highest BCUT2D eigenvalue weighted by Gasteiger charge is 2.18. The summed E-state index contributed by atoms with van der Waals surface area (Å²) in [5, 5.41) is 0. The van der Waals surface area contributed by atoms with Crippen LogP contribution in [0.25, 0.3) is 0 Å². The molecule has 0 aromatic carbocycles. The minimum Gasteiger partial charge on any atom is -0.465 e. The van der Waals surface area contributed by atoms with Crippen LogP contribution in [0.2, 0.25) is 0 Å². The van der Waals surface area contributed by atoms with Crippen LogP contribution in [0.4, 0.5) is 0 Å². The van der Waals surface area contributed by atoms with Crippen LogP contribution in [0.3, 0.4) is 0 Å². The fourth-order valence-electron chi connectivity index (χ4n) is 1.38. The third-order valence-corrected chi connectivity index (χ3v) is 3.73. The molecule has 0 fully saturated rings. The smallest absolute Gasteiger partial charge is 0.350 e. The maximum absolute atomic E-state index is 11.7. The van der Waals surface area contributed by atoms with Crippen molar-refractivity contribution in [3.05, 3.63) is 14.5 Å². The van der Waals surface area contributed by atoms with Gasteiger partial charge in [0.25, 0.3) is 0 Å². The van der Waals surface area contributed by atoms with Gasteiger partial charge in [0.1, 0.15) is 11.4 Å². The van der Waals surface area contributed by atoms with E-state index < -0.39 is 5.97 Å². The van der Waals surface area contributed by atoms with E-state index >= 15 is 0 Å². The Bertz CT molecular complexity index is 504. The van der Waals surface area contributed by atoms with Crippen LogP contribution < -0.4 is 0 Å². The molecule has 0 spiro atoms. The highest BCUT2D eigenvalue weighted by atomic mass is 32.1. The monoisotopic (exact) mass is 289 g/mol. The topological polar surface area (TPSA) is 57.5 Å². The summed E-state index contributed by atoms with van der Waals surface area (Å²) in [6.07, 6.45) is 0. The molecular weight excluding hydrogens is 274 g/mol. The quantitative estimate of drug-likeness (QED) is 0.615. The first-order valence-corrected chi connectivity index (χ1v) is 6.76. The number of ether oxygens (including phenoxy) is 2. The average Bonchev–Trinajstić information content (AvgIpc) is 2.58. The molecule has 0 amide bonds. The summed E-state index contributed by atoms with van der Waals surface area (Å²) in [4.78, 5) is 23.5. The van der Waals surface area contributed by atoms with Crippen LogP contribution in [0.1, 0.15) is 29.2 Å². The molecule has 0 atom stereocenters. The Morgan fingerprint density at radius 2 is 1.89 bits per heavy atom. The zero-order valence-electron chi connectivity index (χ0n) is 10.5. The summed E-state index contributed by atoms with van der Waals surface area (Å²) in [6.45, 7) is 5.86. The number of hydrogen-bond acceptors (Lipinski definition) is 6. The van der Waals surface area contributed by atoms with Crippen LogP contribution in [-0.4, -0.2) is 29.7 Å². The summed E-state index contributed by atoms with van der Waals surface area (Å²) >= 11 is 6.28. The zero-order valence-corrected chi connectivity index (χ0v) is 12.2. The Balaban J connectivity index is 2.98. The van der Waals surface area contributed by atoms with E-state index in [1.165, 1.54) is 0 Å². The van der Waals surface area contributed by atoms with Crippen molar-refractivity contribution in [3.8, 4) is 0 Å². The van der Waals surface area contributed by atoms with Gasteiger partial charge in [-0.05, 0) is 33.0 Å². The molecule has 0 aliphatic rings. The summed E-state index contributed by atoms with van der Waals surface area (Å²) in [5.41, 5.74) is 0.636. The van der Waals surface area contributed by atoms with E-state index in [2.05, 4.69) is 0 Å². The van der Waals surface area contributed by atoms with E-state index in [-0.39, 0.29) is 12.5 Å². The zero-order chi connectivity index (χ0) is 13.7. The second-order valence-corrected chi connectivity index (χ2v) is 5.04. The van der Waals surface area contributed by atoms with Gasteiger partial charge < -0.3 is 14.0 Å².